The summed E-state index contributed by atoms with van der Waals surface area (Å²) < 4.78 is 6.31. The van der Waals surface area contributed by atoms with Crippen molar-refractivity contribution >= 4 is 8.32 Å². The van der Waals surface area contributed by atoms with Crippen molar-refractivity contribution < 1.29 is 9.53 Å². The van der Waals surface area contributed by atoms with Crippen molar-refractivity contribution in [1.82, 2.24) is 0 Å². The average molecular weight is 357 g/mol. The molecule has 2 rings (SSSR count). The van der Waals surface area contributed by atoms with Gasteiger partial charge in [-0.15, -0.1) is 0 Å². The van der Waals surface area contributed by atoms with Gasteiger partial charge in [0.1, 0.15) is 6.10 Å². The molecule has 2 aromatic carbocycles. The third-order valence-electron chi connectivity index (χ3n) is 5.39. The minimum Gasteiger partial charge on any atom is -0.413 e. The number of aryl methyl sites for hydroxylation is 2. The third-order valence-corrected chi connectivity index (χ3v) is 9.87. The first-order chi connectivity index (χ1) is 11.5. The largest absolute Gasteiger partial charge is 0.413 e. The van der Waals surface area contributed by atoms with Crippen LogP contribution in [0.15, 0.2) is 42.5 Å². The zero-order valence-electron chi connectivity index (χ0n) is 16.7. The van der Waals surface area contributed by atoms with E-state index >= 15 is 0 Å². The lowest BCUT2D eigenvalue weighted by atomic mass is 9.95. The topological polar surface area (TPSA) is 29.5 Å². The van der Waals surface area contributed by atoms with Crippen LogP contribution in [-0.2, 0) is 11.0 Å². The Hall–Kier alpha value is -1.42. The molecule has 0 amide bonds. The van der Waals surface area contributed by atoms with Crippen LogP contribution in [0.2, 0.25) is 18.1 Å². The molecule has 0 aliphatic heterocycles. The first kappa shape index (κ1) is 19.9. The van der Waals surface area contributed by atoms with E-state index < -0.39 is 14.4 Å². The normalized spacial score (nSPS) is 13.8. The molecule has 1 unspecified atom stereocenters. The highest BCUT2D eigenvalue weighted by molar-refractivity contribution is 6.74. The summed E-state index contributed by atoms with van der Waals surface area (Å²) in [6.45, 7) is 16.1. The van der Waals surface area contributed by atoms with Crippen LogP contribution in [0, 0.1) is 13.8 Å². The van der Waals surface area contributed by atoms with Crippen LogP contribution in [-0.4, -0.2) is 13.4 Å². The molecule has 0 fully saturated rings. The summed E-state index contributed by atoms with van der Waals surface area (Å²) >= 11 is 0. The number of rotatable bonds is 5. The SMILES string of the molecule is Cc1cccc(C(O)c2ccc(CO[Si](C)(C)C(C)(C)C)cc2C)c1. The molecule has 0 radical (unpaired) electrons. The summed E-state index contributed by atoms with van der Waals surface area (Å²) in [4.78, 5) is 0. The molecule has 0 heterocycles. The lowest BCUT2D eigenvalue weighted by Crippen LogP contribution is -2.40. The Morgan fingerprint density at radius 1 is 1.04 bits per heavy atom. The summed E-state index contributed by atoms with van der Waals surface area (Å²) in [5, 5.41) is 10.9. The Kier molecular flexibility index (Phi) is 5.92. The van der Waals surface area contributed by atoms with E-state index in [4.69, 9.17) is 4.43 Å². The molecule has 3 heteroatoms. The summed E-state index contributed by atoms with van der Waals surface area (Å²) in [6, 6.07) is 14.3. The minimum absolute atomic E-state index is 0.212. The fourth-order valence-electron chi connectivity index (χ4n) is 2.63. The smallest absolute Gasteiger partial charge is 0.192 e. The van der Waals surface area contributed by atoms with Crippen LogP contribution >= 0.6 is 0 Å². The number of hydrogen-bond donors (Lipinski definition) is 1. The summed E-state index contributed by atoms with van der Waals surface area (Å²) in [7, 11) is -1.75. The van der Waals surface area contributed by atoms with Crippen molar-refractivity contribution in [3.05, 3.63) is 70.3 Å². The fraction of sp³-hybridized carbons (Fsp3) is 0.455. The molecule has 2 nitrogen and oxygen atoms in total. The van der Waals surface area contributed by atoms with Gasteiger partial charge in [-0.1, -0.05) is 68.8 Å². The van der Waals surface area contributed by atoms with E-state index in [1.54, 1.807) is 0 Å². The van der Waals surface area contributed by atoms with E-state index in [1.807, 2.05) is 37.3 Å². The second-order valence-corrected chi connectivity index (χ2v) is 13.4. The lowest BCUT2D eigenvalue weighted by Gasteiger charge is -2.36. The molecule has 1 atom stereocenters. The molecule has 0 aliphatic carbocycles. The van der Waals surface area contributed by atoms with Crippen molar-refractivity contribution in [3.63, 3.8) is 0 Å². The Morgan fingerprint density at radius 2 is 1.72 bits per heavy atom. The maximum atomic E-state index is 10.7. The zero-order valence-corrected chi connectivity index (χ0v) is 17.7. The molecule has 25 heavy (non-hydrogen) atoms. The van der Waals surface area contributed by atoms with Crippen LogP contribution in [0.3, 0.4) is 0 Å². The molecular weight excluding hydrogens is 324 g/mol. The summed E-state index contributed by atoms with van der Waals surface area (Å²) in [6.07, 6.45) is -0.588. The molecular formula is C22H32O2Si. The van der Waals surface area contributed by atoms with Crippen molar-refractivity contribution in [3.8, 4) is 0 Å². The molecule has 0 saturated carbocycles. The Balaban J connectivity index is 2.15. The van der Waals surface area contributed by atoms with Crippen LogP contribution in [0.5, 0.6) is 0 Å². The van der Waals surface area contributed by atoms with Crippen molar-refractivity contribution in [1.29, 1.82) is 0 Å². The van der Waals surface area contributed by atoms with Crippen LogP contribution < -0.4 is 0 Å². The van der Waals surface area contributed by atoms with Crippen molar-refractivity contribution in [2.45, 2.75) is 65.5 Å². The van der Waals surface area contributed by atoms with Gasteiger partial charge in [0, 0.05) is 0 Å². The third kappa shape index (κ3) is 4.81. The van der Waals surface area contributed by atoms with Crippen molar-refractivity contribution in [2.75, 3.05) is 0 Å². The molecule has 0 aliphatic rings. The Morgan fingerprint density at radius 3 is 2.28 bits per heavy atom. The van der Waals surface area contributed by atoms with E-state index in [0.29, 0.717) is 6.61 Å². The average Bonchev–Trinajstić information content (AvgIpc) is 2.51. The fourth-order valence-corrected chi connectivity index (χ4v) is 3.59. The van der Waals surface area contributed by atoms with Crippen LogP contribution in [0.4, 0.5) is 0 Å². The molecule has 0 aromatic heterocycles. The van der Waals surface area contributed by atoms with Gasteiger partial charge < -0.3 is 9.53 Å². The molecule has 1 N–H and O–H groups in total. The second-order valence-electron chi connectivity index (χ2n) is 8.56. The summed E-state index contributed by atoms with van der Waals surface area (Å²) in [5.74, 6) is 0. The van der Waals surface area contributed by atoms with Crippen LogP contribution in [0.25, 0.3) is 0 Å². The van der Waals surface area contributed by atoms with Gasteiger partial charge in [-0.2, -0.15) is 0 Å². The first-order valence-corrected chi connectivity index (χ1v) is 11.9. The zero-order chi connectivity index (χ0) is 18.8. The van der Waals surface area contributed by atoms with E-state index in [-0.39, 0.29) is 5.04 Å². The van der Waals surface area contributed by atoms with Crippen LogP contribution in [0.1, 0.15) is 54.7 Å². The molecule has 0 spiro atoms. The summed E-state index contributed by atoms with van der Waals surface area (Å²) in [5.41, 5.74) is 5.33. The first-order valence-electron chi connectivity index (χ1n) is 8.99. The number of aliphatic hydroxyl groups is 1. The molecule has 136 valence electrons. The standard InChI is InChI=1S/C22H32O2Si/c1-16-9-8-10-19(13-16)21(23)20-12-11-18(14-17(20)2)15-24-25(6,7)22(3,4)5/h8-14,21,23H,15H2,1-7H3. The van der Waals surface area contributed by atoms with Gasteiger partial charge >= 0.3 is 0 Å². The van der Waals surface area contributed by atoms with Gasteiger partial charge in [-0.05, 0) is 54.2 Å². The van der Waals surface area contributed by atoms with E-state index in [9.17, 15) is 5.11 Å². The predicted molar refractivity (Wildman–Crippen MR) is 108 cm³/mol. The highest BCUT2D eigenvalue weighted by Crippen LogP contribution is 2.37. The lowest BCUT2D eigenvalue weighted by molar-refractivity contribution is 0.219. The van der Waals surface area contributed by atoms with E-state index in [2.05, 4.69) is 52.9 Å². The van der Waals surface area contributed by atoms with Gasteiger partial charge in [-0.3, -0.25) is 0 Å². The molecule has 0 saturated heterocycles. The van der Waals surface area contributed by atoms with Gasteiger partial charge in [-0.25, -0.2) is 0 Å². The quantitative estimate of drug-likeness (QED) is 0.675. The maximum absolute atomic E-state index is 10.7. The molecule has 0 bridgehead atoms. The molecule has 2 aromatic rings. The predicted octanol–water partition coefficient (Wildman–Crippen LogP) is 5.91. The highest BCUT2D eigenvalue weighted by atomic mass is 28.4. The monoisotopic (exact) mass is 356 g/mol. The number of benzene rings is 2. The second kappa shape index (κ2) is 7.44. The van der Waals surface area contributed by atoms with Gasteiger partial charge in [0.25, 0.3) is 0 Å². The number of aliphatic hydroxyl groups excluding tert-OH is 1. The van der Waals surface area contributed by atoms with Crippen molar-refractivity contribution in [2.24, 2.45) is 0 Å². The van der Waals surface area contributed by atoms with Gasteiger partial charge in [0.05, 0.1) is 6.61 Å². The van der Waals surface area contributed by atoms with Gasteiger partial charge in [0.2, 0.25) is 0 Å². The minimum atomic E-state index is -1.75. The van der Waals surface area contributed by atoms with E-state index in [0.717, 1.165) is 22.3 Å². The number of hydrogen-bond acceptors (Lipinski definition) is 2. The highest BCUT2D eigenvalue weighted by Gasteiger charge is 2.37. The Labute approximate surface area is 154 Å². The van der Waals surface area contributed by atoms with E-state index in [1.165, 1.54) is 5.56 Å². The maximum Gasteiger partial charge on any atom is 0.192 e. The Bertz CT molecular complexity index is 729. The van der Waals surface area contributed by atoms with Gasteiger partial charge in [0.15, 0.2) is 8.32 Å².